The van der Waals surface area contributed by atoms with Crippen LogP contribution in [0.1, 0.15) is 18.2 Å². The quantitative estimate of drug-likeness (QED) is 0.705. The molecule has 6 nitrogen and oxygen atoms in total. The molecule has 0 atom stereocenters. The van der Waals surface area contributed by atoms with Gasteiger partial charge >= 0.3 is 6.09 Å². The Bertz CT molecular complexity index is 1060. The first-order valence-corrected chi connectivity index (χ1v) is 10.4. The van der Waals surface area contributed by atoms with Gasteiger partial charge in [0.15, 0.2) is 0 Å². The number of piperazine rings is 1. The molecule has 2 heterocycles. The second kappa shape index (κ2) is 8.71. The van der Waals surface area contributed by atoms with E-state index in [1.807, 2.05) is 38.1 Å². The maximum atomic E-state index is 11.9. The molecule has 1 fully saturated rings. The molecule has 156 valence electrons. The molecule has 1 amide bonds. The summed E-state index contributed by atoms with van der Waals surface area (Å²) in [6.45, 7) is 7.61. The Morgan fingerprint density at radius 2 is 1.87 bits per heavy atom. The summed E-state index contributed by atoms with van der Waals surface area (Å²) in [5.74, 6) is 0.293. The number of benzene rings is 2. The van der Waals surface area contributed by atoms with Crippen LogP contribution in [0.4, 0.5) is 4.79 Å². The first-order chi connectivity index (χ1) is 14.5. The zero-order chi connectivity index (χ0) is 21.1. The molecule has 0 spiro atoms. The molecule has 1 aliphatic heterocycles. The highest BCUT2D eigenvalue weighted by Gasteiger charge is 2.22. The van der Waals surface area contributed by atoms with Crippen molar-refractivity contribution in [1.82, 2.24) is 14.8 Å². The number of carbonyl (C=O) groups excluding carboxylic acids is 1. The van der Waals surface area contributed by atoms with Gasteiger partial charge in [0.25, 0.3) is 0 Å². The lowest BCUT2D eigenvalue weighted by Gasteiger charge is -2.34. The lowest BCUT2D eigenvalue weighted by Crippen LogP contribution is -2.48. The number of aryl methyl sites for hydroxylation is 1. The van der Waals surface area contributed by atoms with Gasteiger partial charge in [-0.1, -0.05) is 24.3 Å². The smallest absolute Gasteiger partial charge is 0.409 e. The van der Waals surface area contributed by atoms with Crippen molar-refractivity contribution in [2.45, 2.75) is 20.4 Å². The number of hydrogen-bond acceptors (Lipinski definition) is 5. The van der Waals surface area contributed by atoms with E-state index in [-0.39, 0.29) is 6.09 Å². The van der Waals surface area contributed by atoms with Gasteiger partial charge in [-0.05, 0) is 49.2 Å². The molecule has 0 aliphatic carbocycles. The van der Waals surface area contributed by atoms with Crippen LogP contribution in [0.2, 0.25) is 0 Å². The van der Waals surface area contributed by atoms with E-state index >= 15 is 0 Å². The van der Waals surface area contributed by atoms with E-state index in [1.165, 1.54) is 0 Å². The third-order valence-corrected chi connectivity index (χ3v) is 5.53. The molecule has 1 aromatic heterocycles. The van der Waals surface area contributed by atoms with Gasteiger partial charge in [-0.3, -0.25) is 9.88 Å². The fourth-order valence-electron chi connectivity index (χ4n) is 3.97. The Hall–Kier alpha value is -3.12. The zero-order valence-electron chi connectivity index (χ0n) is 17.5. The molecule has 30 heavy (non-hydrogen) atoms. The lowest BCUT2D eigenvalue weighted by molar-refractivity contribution is 0.0776. The maximum Gasteiger partial charge on any atom is 0.409 e. The highest BCUT2D eigenvalue weighted by Crippen LogP contribution is 2.32. The first-order valence-electron chi connectivity index (χ1n) is 10.4. The monoisotopic (exact) mass is 405 g/mol. The van der Waals surface area contributed by atoms with Crippen molar-refractivity contribution in [3.05, 3.63) is 59.8 Å². The van der Waals surface area contributed by atoms with Crippen LogP contribution in [0.25, 0.3) is 22.0 Å². The van der Waals surface area contributed by atoms with Crippen LogP contribution >= 0.6 is 0 Å². The van der Waals surface area contributed by atoms with Crippen LogP contribution in [-0.2, 0) is 11.3 Å². The number of carbonyl (C=O) groups is 1. The Morgan fingerprint density at radius 1 is 1.10 bits per heavy atom. The van der Waals surface area contributed by atoms with Gasteiger partial charge in [0, 0.05) is 49.4 Å². The van der Waals surface area contributed by atoms with Gasteiger partial charge in [-0.25, -0.2) is 4.79 Å². The molecular weight excluding hydrogens is 378 g/mol. The van der Waals surface area contributed by atoms with Gasteiger partial charge in [0.05, 0.1) is 12.1 Å². The van der Waals surface area contributed by atoms with Crippen LogP contribution in [0.15, 0.2) is 48.5 Å². The number of hydrogen-bond donors (Lipinski definition) is 1. The minimum Gasteiger partial charge on any atom is -0.508 e. The number of ether oxygens (including phenoxy) is 1. The van der Waals surface area contributed by atoms with Crippen molar-refractivity contribution in [3.63, 3.8) is 0 Å². The number of phenols is 1. The number of para-hydroxylation sites is 1. The second-order valence-corrected chi connectivity index (χ2v) is 7.63. The van der Waals surface area contributed by atoms with Crippen LogP contribution in [0.5, 0.6) is 5.75 Å². The number of pyridine rings is 1. The first kappa shape index (κ1) is 20.2. The summed E-state index contributed by atoms with van der Waals surface area (Å²) in [7, 11) is 0. The summed E-state index contributed by atoms with van der Waals surface area (Å²) in [5.41, 5.74) is 5.00. The number of rotatable bonds is 4. The minimum absolute atomic E-state index is 0.248. The molecule has 1 N–H and O–H groups in total. The number of aromatic hydroxyl groups is 1. The highest BCUT2D eigenvalue weighted by atomic mass is 16.6. The van der Waals surface area contributed by atoms with E-state index in [2.05, 4.69) is 28.1 Å². The fraction of sp³-hybridized carbons (Fsp3) is 0.333. The normalized spacial score (nSPS) is 14.8. The Morgan fingerprint density at radius 3 is 2.63 bits per heavy atom. The topological polar surface area (TPSA) is 65.9 Å². The lowest BCUT2D eigenvalue weighted by atomic mass is 9.98. The number of fused-ring (bicyclic) bond motifs is 1. The average Bonchev–Trinajstić information content (AvgIpc) is 2.75. The molecule has 0 unspecified atom stereocenters. The molecule has 0 radical (unpaired) electrons. The van der Waals surface area contributed by atoms with Crippen molar-refractivity contribution in [3.8, 4) is 16.9 Å². The largest absolute Gasteiger partial charge is 0.508 e. The molecule has 1 saturated heterocycles. The van der Waals surface area contributed by atoms with Gasteiger partial charge in [0.1, 0.15) is 5.75 Å². The van der Waals surface area contributed by atoms with Crippen LogP contribution in [0.3, 0.4) is 0 Å². The highest BCUT2D eigenvalue weighted by molar-refractivity contribution is 5.94. The minimum atomic E-state index is -0.248. The van der Waals surface area contributed by atoms with E-state index in [0.29, 0.717) is 32.0 Å². The van der Waals surface area contributed by atoms with Crippen LogP contribution in [0, 0.1) is 6.92 Å². The summed E-state index contributed by atoms with van der Waals surface area (Å²) in [5, 5.41) is 11.6. The van der Waals surface area contributed by atoms with Crippen LogP contribution in [-0.4, -0.2) is 58.8 Å². The van der Waals surface area contributed by atoms with Gasteiger partial charge in [0.2, 0.25) is 0 Å². The SMILES string of the molecule is CCOC(=O)N1CCN(Cc2cc(-c3cc(C)nc4ccccc34)ccc2O)CC1. The van der Waals surface area contributed by atoms with Crippen molar-refractivity contribution >= 4 is 17.0 Å². The maximum absolute atomic E-state index is 11.9. The summed E-state index contributed by atoms with van der Waals surface area (Å²) in [6, 6.07) is 16.0. The third-order valence-electron chi connectivity index (χ3n) is 5.53. The summed E-state index contributed by atoms with van der Waals surface area (Å²) >= 11 is 0. The Labute approximate surface area is 176 Å². The van der Waals surface area contributed by atoms with Crippen LogP contribution < -0.4 is 0 Å². The van der Waals surface area contributed by atoms with E-state index in [1.54, 1.807) is 11.0 Å². The Balaban J connectivity index is 1.55. The van der Waals surface area contributed by atoms with Gasteiger partial charge < -0.3 is 14.7 Å². The predicted octanol–water partition coefficient (Wildman–Crippen LogP) is 4.19. The predicted molar refractivity (Wildman–Crippen MR) is 117 cm³/mol. The average molecular weight is 405 g/mol. The zero-order valence-corrected chi connectivity index (χ0v) is 17.5. The van der Waals surface area contributed by atoms with E-state index in [9.17, 15) is 9.90 Å². The molecule has 1 aliphatic rings. The second-order valence-electron chi connectivity index (χ2n) is 7.63. The summed E-state index contributed by atoms with van der Waals surface area (Å²) in [4.78, 5) is 20.5. The number of aromatic nitrogens is 1. The van der Waals surface area contributed by atoms with Crippen molar-refractivity contribution in [2.75, 3.05) is 32.8 Å². The van der Waals surface area contributed by atoms with Crippen molar-refractivity contribution < 1.29 is 14.6 Å². The molecule has 2 aromatic carbocycles. The van der Waals surface area contributed by atoms with Gasteiger partial charge in [-0.15, -0.1) is 0 Å². The molecule has 0 bridgehead atoms. The molecule has 6 heteroatoms. The number of nitrogens with zero attached hydrogens (tertiary/aromatic N) is 3. The molecule has 4 rings (SSSR count). The van der Waals surface area contributed by atoms with Crippen molar-refractivity contribution in [1.29, 1.82) is 0 Å². The standard InChI is InChI=1S/C24H27N3O3/c1-3-30-24(29)27-12-10-26(11-13-27)16-19-15-18(8-9-23(19)28)21-14-17(2)25-22-7-5-4-6-20(21)22/h4-9,14-15,28H,3,10-13,16H2,1-2H3. The molecular formula is C24H27N3O3. The van der Waals surface area contributed by atoms with Crippen molar-refractivity contribution in [2.24, 2.45) is 0 Å². The number of phenolic OH excluding ortho intramolecular Hbond substituents is 1. The molecule has 3 aromatic rings. The van der Waals surface area contributed by atoms with E-state index in [4.69, 9.17) is 4.74 Å². The fourth-order valence-corrected chi connectivity index (χ4v) is 3.97. The Kier molecular flexibility index (Phi) is 5.86. The summed E-state index contributed by atoms with van der Waals surface area (Å²) in [6.07, 6.45) is -0.248. The van der Waals surface area contributed by atoms with Gasteiger partial charge in [-0.2, -0.15) is 0 Å². The third kappa shape index (κ3) is 4.24. The van der Waals surface area contributed by atoms with E-state index in [0.717, 1.165) is 46.4 Å². The van der Waals surface area contributed by atoms with E-state index < -0.39 is 0 Å². The summed E-state index contributed by atoms with van der Waals surface area (Å²) < 4.78 is 5.09. The molecule has 0 saturated carbocycles. The number of amides is 1.